The van der Waals surface area contributed by atoms with Crippen molar-refractivity contribution in [3.63, 3.8) is 0 Å². The summed E-state index contributed by atoms with van der Waals surface area (Å²) in [5.74, 6) is 0.265. The smallest absolute Gasteiger partial charge is 0.262 e. The fourth-order valence-corrected chi connectivity index (χ4v) is 4.10. The monoisotopic (exact) mass is 455 g/mol. The third-order valence-corrected chi connectivity index (χ3v) is 5.80. The molecule has 1 aromatic heterocycles. The number of aryl methyl sites for hydroxylation is 3. The lowest BCUT2D eigenvalue weighted by Gasteiger charge is -2.15. The zero-order valence-electron chi connectivity index (χ0n) is 20.2. The highest BCUT2D eigenvalue weighted by Crippen LogP contribution is 2.33. The molecule has 0 saturated carbocycles. The molecule has 5 nitrogen and oxygen atoms in total. The molecule has 0 aliphatic carbocycles. The van der Waals surface area contributed by atoms with E-state index >= 15 is 0 Å². The molecule has 1 amide bonds. The van der Waals surface area contributed by atoms with Crippen LogP contribution < -0.4 is 15.5 Å². The Morgan fingerprint density at radius 1 is 0.971 bits per heavy atom. The van der Waals surface area contributed by atoms with Crippen LogP contribution in [0.15, 0.2) is 69.9 Å². The number of rotatable bonds is 6. The van der Waals surface area contributed by atoms with E-state index in [4.69, 9.17) is 9.15 Å². The van der Waals surface area contributed by atoms with Crippen LogP contribution in [-0.4, -0.2) is 12.5 Å². The Labute approximate surface area is 199 Å². The molecule has 0 fully saturated rings. The highest BCUT2D eigenvalue weighted by Gasteiger charge is 2.20. The van der Waals surface area contributed by atoms with Crippen molar-refractivity contribution in [1.29, 1.82) is 0 Å². The predicted molar refractivity (Wildman–Crippen MR) is 137 cm³/mol. The molecule has 0 aliphatic heterocycles. The lowest BCUT2D eigenvalue weighted by Crippen LogP contribution is -2.23. The van der Waals surface area contributed by atoms with Crippen molar-refractivity contribution in [1.82, 2.24) is 0 Å². The number of nitrogens with one attached hydrogen (secondary N) is 1. The minimum atomic E-state index is -0.345. The number of ether oxygens (including phenoxy) is 1. The van der Waals surface area contributed by atoms with Crippen LogP contribution >= 0.6 is 0 Å². The van der Waals surface area contributed by atoms with E-state index < -0.39 is 0 Å². The molecule has 1 heterocycles. The van der Waals surface area contributed by atoms with Gasteiger partial charge in [-0.05, 0) is 55.5 Å². The number of fused-ring (bicyclic) bond motifs is 1. The van der Waals surface area contributed by atoms with Crippen LogP contribution in [0.5, 0.6) is 5.75 Å². The first-order valence-electron chi connectivity index (χ1n) is 11.4. The van der Waals surface area contributed by atoms with Crippen LogP contribution in [0.3, 0.4) is 0 Å². The number of carbonyl (C=O) groups excluding carboxylic acids is 1. The maximum absolute atomic E-state index is 13.5. The lowest BCUT2D eigenvalue weighted by molar-refractivity contribution is -0.118. The van der Waals surface area contributed by atoms with Crippen LogP contribution in [0, 0.1) is 20.8 Å². The molecule has 0 unspecified atom stereocenters. The molecule has 1 N–H and O–H groups in total. The lowest BCUT2D eigenvalue weighted by atomic mass is 10.0. The summed E-state index contributed by atoms with van der Waals surface area (Å²) in [7, 11) is 0. The molecule has 34 heavy (non-hydrogen) atoms. The highest BCUT2D eigenvalue weighted by atomic mass is 16.5. The number of hydrogen-bond donors (Lipinski definition) is 1. The Balaban J connectivity index is 1.72. The Bertz CT molecular complexity index is 1420. The van der Waals surface area contributed by atoms with Crippen molar-refractivity contribution >= 4 is 22.6 Å². The minimum absolute atomic E-state index is 0.0358. The second kappa shape index (κ2) is 9.56. The zero-order chi connectivity index (χ0) is 24.4. The van der Waals surface area contributed by atoms with Crippen molar-refractivity contribution in [2.45, 2.75) is 40.5 Å². The number of amides is 1. The molecule has 0 spiro atoms. The van der Waals surface area contributed by atoms with Gasteiger partial charge in [-0.1, -0.05) is 67.9 Å². The Morgan fingerprint density at radius 2 is 1.68 bits per heavy atom. The number of carbonyl (C=O) groups is 1. The van der Waals surface area contributed by atoms with Crippen LogP contribution in [0.1, 0.15) is 42.0 Å². The van der Waals surface area contributed by atoms with Gasteiger partial charge in [0.15, 0.2) is 12.4 Å². The van der Waals surface area contributed by atoms with E-state index in [2.05, 4.69) is 19.2 Å². The van der Waals surface area contributed by atoms with Gasteiger partial charge in [-0.3, -0.25) is 9.59 Å². The van der Waals surface area contributed by atoms with Crippen LogP contribution in [0.4, 0.5) is 5.69 Å². The van der Waals surface area contributed by atoms with E-state index in [0.717, 1.165) is 27.9 Å². The van der Waals surface area contributed by atoms with Crippen molar-refractivity contribution in [2.75, 3.05) is 11.9 Å². The van der Waals surface area contributed by atoms with Crippen molar-refractivity contribution in [3.05, 3.63) is 93.1 Å². The Morgan fingerprint density at radius 3 is 2.38 bits per heavy atom. The van der Waals surface area contributed by atoms with Crippen LogP contribution in [-0.2, 0) is 4.79 Å². The molecule has 3 aromatic carbocycles. The van der Waals surface area contributed by atoms with Crippen molar-refractivity contribution in [3.8, 4) is 17.1 Å². The molecular formula is C29H29NO4. The maximum atomic E-state index is 13.5. The van der Waals surface area contributed by atoms with E-state index in [1.165, 1.54) is 0 Å². The molecule has 0 bridgehead atoms. The third-order valence-electron chi connectivity index (χ3n) is 5.80. The molecule has 174 valence electrons. The topological polar surface area (TPSA) is 68.5 Å². The average molecular weight is 456 g/mol. The average Bonchev–Trinajstić information content (AvgIpc) is 2.79. The first kappa shape index (κ1) is 23.3. The quantitative estimate of drug-likeness (QED) is 0.359. The second-order valence-electron chi connectivity index (χ2n) is 8.99. The largest absolute Gasteiger partial charge is 0.476 e. The zero-order valence-corrected chi connectivity index (χ0v) is 20.2. The second-order valence-corrected chi connectivity index (χ2v) is 8.99. The van der Waals surface area contributed by atoms with Gasteiger partial charge >= 0.3 is 0 Å². The highest BCUT2D eigenvalue weighted by molar-refractivity contribution is 5.93. The molecule has 0 aliphatic rings. The number of benzene rings is 3. The summed E-state index contributed by atoms with van der Waals surface area (Å²) in [6, 6.07) is 19.1. The molecule has 0 radical (unpaired) electrons. The van der Waals surface area contributed by atoms with Gasteiger partial charge in [0.2, 0.25) is 11.2 Å². The fraction of sp³-hybridized carbons (Fsp3) is 0.241. The van der Waals surface area contributed by atoms with Crippen LogP contribution in [0.2, 0.25) is 0 Å². The van der Waals surface area contributed by atoms with Gasteiger partial charge in [-0.2, -0.15) is 0 Å². The van der Waals surface area contributed by atoms with E-state index in [1.54, 1.807) is 6.07 Å². The van der Waals surface area contributed by atoms with E-state index in [1.807, 2.05) is 75.4 Å². The predicted octanol–water partition coefficient (Wildman–Crippen LogP) is 6.53. The van der Waals surface area contributed by atoms with E-state index in [9.17, 15) is 9.59 Å². The van der Waals surface area contributed by atoms with E-state index in [-0.39, 0.29) is 29.6 Å². The van der Waals surface area contributed by atoms with Gasteiger partial charge in [-0.15, -0.1) is 0 Å². The summed E-state index contributed by atoms with van der Waals surface area (Å²) in [4.78, 5) is 26.3. The Kier molecular flexibility index (Phi) is 6.55. The normalized spacial score (nSPS) is 11.1. The molecule has 4 rings (SSSR count). The SMILES string of the molecule is Cc1ccc(-c2oc3c(C)cc(C)cc3c(=O)c2OCC(=O)Nc2ccccc2C(C)C)cc1. The van der Waals surface area contributed by atoms with Gasteiger partial charge in [0.25, 0.3) is 5.91 Å². The first-order chi connectivity index (χ1) is 16.2. The van der Waals surface area contributed by atoms with Gasteiger partial charge in [0.05, 0.1) is 5.39 Å². The summed E-state index contributed by atoms with van der Waals surface area (Å²) in [5, 5.41) is 3.35. The Hall–Kier alpha value is -3.86. The molecule has 0 saturated heterocycles. The standard InChI is InChI=1S/C29H29NO4/c1-17(2)22-8-6-7-9-24(22)30-25(31)16-33-29-26(32)23-15-19(4)14-20(5)27(23)34-28(29)21-12-10-18(3)11-13-21/h6-15,17H,16H2,1-5H3,(H,30,31). The van der Waals surface area contributed by atoms with Crippen LogP contribution in [0.25, 0.3) is 22.3 Å². The summed E-state index contributed by atoms with van der Waals surface area (Å²) in [5.41, 5.74) is 5.63. The van der Waals surface area contributed by atoms with Crippen molar-refractivity contribution < 1.29 is 13.9 Å². The van der Waals surface area contributed by atoms with E-state index in [0.29, 0.717) is 22.3 Å². The summed E-state index contributed by atoms with van der Waals surface area (Å²) >= 11 is 0. The maximum Gasteiger partial charge on any atom is 0.262 e. The van der Waals surface area contributed by atoms with Crippen molar-refractivity contribution in [2.24, 2.45) is 0 Å². The third kappa shape index (κ3) is 4.74. The number of para-hydroxylation sites is 1. The fourth-order valence-electron chi connectivity index (χ4n) is 4.10. The summed E-state index contributed by atoms with van der Waals surface area (Å²) in [6.45, 7) is 9.66. The summed E-state index contributed by atoms with van der Waals surface area (Å²) in [6.07, 6.45) is 0. The molecule has 4 aromatic rings. The minimum Gasteiger partial charge on any atom is -0.476 e. The van der Waals surface area contributed by atoms with Gasteiger partial charge in [0, 0.05) is 11.3 Å². The number of hydrogen-bond acceptors (Lipinski definition) is 4. The van der Waals surface area contributed by atoms with Gasteiger partial charge < -0.3 is 14.5 Å². The number of anilines is 1. The summed E-state index contributed by atoms with van der Waals surface area (Å²) < 4.78 is 12.1. The first-order valence-corrected chi connectivity index (χ1v) is 11.4. The molecule has 0 atom stereocenters. The molecular weight excluding hydrogens is 426 g/mol. The molecule has 5 heteroatoms. The van der Waals surface area contributed by atoms with Gasteiger partial charge in [0.1, 0.15) is 5.58 Å². The van der Waals surface area contributed by atoms with Gasteiger partial charge in [-0.25, -0.2) is 0 Å².